The van der Waals surface area contributed by atoms with Crippen molar-refractivity contribution in [2.45, 2.75) is 39.2 Å². The summed E-state index contributed by atoms with van der Waals surface area (Å²) in [7, 11) is 0. The van der Waals surface area contributed by atoms with Crippen LogP contribution in [0.2, 0.25) is 0 Å². The lowest BCUT2D eigenvalue weighted by Crippen LogP contribution is -2.42. The Morgan fingerprint density at radius 3 is 2.26 bits per heavy atom. The molecule has 148 valence electrons. The van der Waals surface area contributed by atoms with Crippen molar-refractivity contribution in [3.8, 4) is 11.5 Å². The standard InChI is InChI=1S/C19H25NO7/c1-12(2)18(24)26-8-4-5-9-27-19(25)15(20-13(3)21)10-14-6-7-16(22)17(23)11-14/h6-7,11,15,22-23H,1,4-5,8-10H2,2-3H3,(H,20,21). The van der Waals surface area contributed by atoms with E-state index in [1.807, 2.05) is 0 Å². The molecule has 8 heteroatoms. The molecule has 0 bridgehead atoms. The zero-order valence-corrected chi connectivity index (χ0v) is 15.5. The minimum atomic E-state index is -0.923. The summed E-state index contributed by atoms with van der Waals surface area (Å²) in [4.78, 5) is 34.8. The predicted octanol–water partition coefficient (Wildman–Crippen LogP) is 1.59. The molecule has 1 unspecified atom stereocenters. The average Bonchev–Trinajstić information content (AvgIpc) is 2.59. The molecule has 0 saturated carbocycles. The molecule has 3 N–H and O–H groups in total. The number of esters is 2. The lowest BCUT2D eigenvalue weighted by molar-refractivity contribution is -0.148. The van der Waals surface area contributed by atoms with Crippen molar-refractivity contribution >= 4 is 17.8 Å². The molecule has 0 radical (unpaired) electrons. The molecule has 0 fully saturated rings. The highest BCUT2D eigenvalue weighted by Crippen LogP contribution is 2.25. The lowest BCUT2D eigenvalue weighted by atomic mass is 10.1. The van der Waals surface area contributed by atoms with Crippen LogP contribution in [0, 0.1) is 0 Å². The second-order valence-corrected chi connectivity index (χ2v) is 6.07. The van der Waals surface area contributed by atoms with Gasteiger partial charge in [0.15, 0.2) is 11.5 Å². The van der Waals surface area contributed by atoms with Gasteiger partial charge in [0.25, 0.3) is 0 Å². The van der Waals surface area contributed by atoms with Crippen LogP contribution in [0.25, 0.3) is 0 Å². The molecule has 1 aromatic rings. The zero-order chi connectivity index (χ0) is 20.4. The third-order valence-electron chi connectivity index (χ3n) is 3.51. The Bertz CT molecular complexity index is 699. The normalized spacial score (nSPS) is 11.3. The Morgan fingerprint density at radius 1 is 1.07 bits per heavy atom. The molecule has 1 aromatic carbocycles. The summed E-state index contributed by atoms with van der Waals surface area (Å²) < 4.78 is 10.1. The number of rotatable bonds is 10. The minimum absolute atomic E-state index is 0.0997. The van der Waals surface area contributed by atoms with Gasteiger partial charge in [0, 0.05) is 18.9 Å². The van der Waals surface area contributed by atoms with Crippen molar-refractivity contribution < 1.29 is 34.1 Å². The van der Waals surface area contributed by atoms with Crippen LogP contribution in [0.1, 0.15) is 32.3 Å². The van der Waals surface area contributed by atoms with E-state index in [4.69, 9.17) is 9.47 Å². The lowest BCUT2D eigenvalue weighted by Gasteiger charge is -2.17. The smallest absolute Gasteiger partial charge is 0.333 e. The van der Waals surface area contributed by atoms with Gasteiger partial charge < -0.3 is 25.0 Å². The fraction of sp³-hybridized carbons (Fsp3) is 0.421. The van der Waals surface area contributed by atoms with Gasteiger partial charge in [-0.15, -0.1) is 0 Å². The molecule has 1 amide bonds. The molecule has 0 aromatic heterocycles. The fourth-order valence-electron chi connectivity index (χ4n) is 2.14. The van der Waals surface area contributed by atoms with E-state index in [1.165, 1.54) is 25.1 Å². The van der Waals surface area contributed by atoms with Crippen molar-refractivity contribution in [2.75, 3.05) is 13.2 Å². The topological polar surface area (TPSA) is 122 Å². The SMILES string of the molecule is C=C(C)C(=O)OCCCCOC(=O)C(Cc1ccc(O)c(O)c1)NC(C)=O. The molecule has 0 aliphatic rings. The maximum atomic E-state index is 12.2. The van der Waals surface area contributed by atoms with Gasteiger partial charge in [-0.3, -0.25) is 4.79 Å². The summed E-state index contributed by atoms with van der Waals surface area (Å²) in [6.45, 7) is 6.62. The quantitative estimate of drug-likeness (QED) is 0.244. The maximum absolute atomic E-state index is 12.2. The molecule has 0 saturated heterocycles. The van der Waals surface area contributed by atoms with E-state index in [9.17, 15) is 24.6 Å². The van der Waals surface area contributed by atoms with Crippen molar-refractivity contribution in [3.05, 3.63) is 35.9 Å². The van der Waals surface area contributed by atoms with Crippen LogP contribution in [0.3, 0.4) is 0 Å². The number of phenols is 2. The van der Waals surface area contributed by atoms with Crippen LogP contribution in [0.15, 0.2) is 30.4 Å². The number of carbonyl (C=O) groups excluding carboxylic acids is 3. The molecule has 0 spiro atoms. The Labute approximate surface area is 157 Å². The summed E-state index contributed by atoms with van der Waals surface area (Å²) in [6.07, 6.45) is 1.10. The summed E-state index contributed by atoms with van der Waals surface area (Å²) in [5, 5.41) is 21.4. The molecule has 0 aliphatic carbocycles. The van der Waals surface area contributed by atoms with Crippen LogP contribution in [0.4, 0.5) is 0 Å². The van der Waals surface area contributed by atoms with E-state index in [0.29, 0.717) is 24.0 Å². The van der Waals surface area contributed by atoms with E-state index in [2.05, 4.69) is 11.9 Å². The first-order valence-electron chi connectivity index (χ1n) is 8.48. The first-order chi connectivity index (χ1) is 12.7. The van der Waals surface area contributed by atoms with E-state index >= 15 is 0 Å². The van der Waals surface area contributed by atoms with Crippen molar-refractivity contribution in [3.63, 3.8) is 0 Å². The van der Waals surface area contributed by atoms with Gasteiger partial charge in [-0.25, -0.2) is 9.59 Å². The number of aromatic hydroxyl groups is 2. The second kappa shape index (κ2) is 10.8. The number of ether oxygens (including phenoxy) is 2. The molecule has 8 nitrogen and oxygen atoms in total. The molecular weight excluding hydrogens is 354 g/mol. The fourth-order valence-corrected chi connectivity index (χ4v) is 2.14. The highest BCUT2D eigenvalue weighted by molar-refractivity contribution is 5.86. The van der Waals surface area contributed by atoms with Gasteiger partial charge in [-0.1, -0.05) is 12.6 Å². The number of benzene rings is 1. The number of amides is 1. The molecule has 27 heavy (non-hydrogen) atoms. The van der Waals surface area contributed by atoms with Crippen molar-refractivity contribution in [1.82, 2.24) is 5.32 Å². The largest absolute Gasteiger partial charge is 0.504 e. The first-order valence-corrected chi connectivity index (χ1v) is 8.48. The number of phenolic OH excluding ortho intramolecular Hbond substituents is 2. The second-order valence-electron chi connectivity index (χ2n) is 6.07. The Morgan fingerprint density at radius 2 is 1.70 bits per heavy atom. The van der Waals surface area contributed by atoms with E-state index in [-0.39, 0.29) is 31.1 Å². The summed E-state index contributed by atoms with van der Waals surface area (Å²) >= 11 is 0. The van der Waals surface area contributed by atoms with Gasteiger partial charge in [0.2, 0.25) is 5.91 Å². The number of unbranched alkanes of at least 4 members (excludes halogenated alkanes) is 1. The Kier molecular flexibility index (Phi) is 8.84. The Hall–Kier alpha value is -3.03. The van der Waals surface area contributed by atoms with Gasteiger partial charge in [-0.2, -0.15) is 0 Å². The average molecular weight is 379 g/mol. The number of nitrogens with one attached hydrogen (secondary N) is 1. The third kappa shape index (κ3) is 8.26. The Balaban J connectivity index is 2.48. The van der Waals surface area contributed by atoms with Crippen LogP contribution in [0.5, 0.6) is 11.5 Å². The third-order valence-corrected chi connectivity index (χ3v) is 3.51. The molecular formula is C19H25NO7. The molecule has 1 rings (SSSR count). The van der Waals surface area contributed by atoms with E-state index < -0.39 is 23.9 Å². The summed E-state index contributed by atoms with van der Waals surface area (Å²) in [5.74, 6) is -2.06. The minimum Gasteiger partial charge on any atom is -0.504 e. The van der Waals surface area contributed by atoms with Crippen LogP contribution < -0.4 is 5.32 Å². The van der Waals surface area contributed by atoms with E-state index in [0.717, 1.165) is 0 Å². The zero-order valence-electron chi connectivity index (χ0n) is 15.5. The first kappa shape index (κ1) is 22.0. The summed E-state index contributed by atoms with van der Waals surface area (Å²) in [5.41, 5.74) is 0.868. The molecule has 0 heterocycles. The van der Waals surface area contributed by atoms with E-state index in [1.54, 1.807) is 6.92 Å². The number of hydrogen-bond acceptors (Lipinski definition) is 7. The molecule has 1 atom stereocenters. The van der Waals surface area contributed by atoms with Gasteiger partial charge in [0.05, 0.1) is 13.2 Å². The van der Waals surface area contributed by atoms with Gasteiger partial charge >= 0.3 is 11.9 Å². The predicted molar refractivity (Wildman–Crippen MR) is 97.0 cm³/mol. The van der Waals surface area contributed by atoms with Crippen molar-refractivity contribution in [1.29, 1.82) is 0 Å². The van der Waals surface area contributed by atoms with Crippen molar-refractivity contribution in [2.24, 2.45) is 0 Å². The van der Waals surface area contributed by atoms with Crippen LogP contribution in [-0.4, -0.2) is 47.3 Å². The number of carbonyl (C=O) groups is 3. The monoisotopic (exact) mass is 379 g/mol. The number of hydrogen-bond donors (Lipinski definition) is 3. The van der Waals surface area contributed by atoms with Crippen LogP contribution in [-0.2, 0) is 30.3 Å². The van der Waals surface area contributed by atoms with Crippen LogP contribution >= 0.6 is 0 Å². The maximum Gasteiger partial charge on any atom is 0.333 e. The molecule has 0 aliphatic heterocycles. The highest BCUT2D eigenvalue weighted by atomic mass is 16.5. The summed E-state index contributed by atoms with van der Waals surface area (Å²) in [6, 6.07) is 3.22. The highest BCUT2D eigenvalue weighted by Gasteiger charge is 2.22. The van der Waals surface area contributed by atoms with Gasteiger partial charge in [-0.05, 0) is 37.5 Å². The van der Waals surface area contributed by atoms with Gasteiger partial charge in [0.1, 0.15) is 6.04 Å².